The number of hydrogen-bond donors (Lipinski definition) is 3. The minimum Gasteiger partial charge on any atom is -0.394 e. The highest BCUT2D eigenvalue weighted by atomic mass is 16.6. The molecule has 0 aliphatic carbocycles. The van der Waals surface area contributed by atoms with Crippen molar-refractivity contribution in [1.29, 1.82) is 0 Å². The molecular weight excluding hydrogens is 256 g/mol. The monoisotopic (exact) mass is 286 g/mol. The highest BCUT2D eigenvalue weighted by molar-refractivity contribution is 4.90. The molecule has 0 spiro atoms. The summed E-state index contributed by atoms with van der Waals surface area (Å²) in [4.78, 5) is 0. The molecule has 1 aliphatic rings. The maximum absolute atomic E-state index is 9.79. The van der Waals surface area contributed by atoms with E-state index in [1.165, 1.54) is 32.1 Å². The molecule has 3 N–H and O–H groups in total. The molecule has 20 heavy (non-hydrogen) atoms. The second kappa shape index (κ2) is 10.3. The van der Waals surface area contributed by atoms with Gasteiger partial charge in [0.15, 0.2) is 0 Å². The van der Waals surface area contributed by atoms with E-state index < -0.39 is 18.3 Å². The number of rotatable bonds is 11. The van der Waals surface area contributed by atoms with Gasteiger partial charge >= 0.3 is 0 Å². The maximum Gasteiger partial charge on any atom is 0.111 e. The van der Waals surface area contributed by atoms with E-state index in [-0.39, 0.29) is 12.7 Å². The van der Waals surface area contributed by atoms with Crippen LogP contribution in [0.1, 0.15) is 57.8 Å². The predicted molar refractivity (Wildman–Crippen MR) is 79.5 cm³/mol. The zero-order valence-electron chi connectivity index (χ0n) is 12.4. The van der Waals surface area contributed by atoms with Crippen LogP contribution in [0, 0.1) is 0 Å². The first-order valence-corrected chi connectivity index (χ1v) is 7.94. The summed E-state index contributed by atoms with van der Waals surface area (Å²) < 4.78 is 5.45. The molecule has 1 heterocycles. The summed E-state index contributed by atoms with van der Waals surface area (Å²) in [7, 11) is 0. The van der Waals surface area contributed by atoms with Crippen molar-refractivity contribution in [2.45, 2.75) is 82.2 Å². The number of unbranched alkanes of at least 4 members (excludes halogenated alkanes) is 7. The average molecular weight is 286 g/mol. The van der Waals surface area contributed by atoms with Crippen LogP contribution in [0.15, 0.2) is 12.7 Å². The normalized spacial score (nSPS) is 29.8. The Hall–Kier alpha value is -0.420. The lowest BCUT2D eigenvalue weighted by Gasteiger charge is -2.14. The van der Waals surface area contributed by atoms with Gasteiger partial charge in [0.25, 0.3) is 0 Å². The first kappa shape index (κ1) is 17.6. The van der Waals surface area contributed by atoms with Crippen molar-refractivity contribution in [2.24, 2.45) is 0 Å². The van der Waals surface area contributed by atoms with E-state index in [0.717, 1.165) is 25.7 Å². The third-order valence-electron chi connectivity index (χ3n) is 4.04. The molecule has 1 saturated heterocycles. The zero-order chi connectivity index (χ0) is 14.8. The Bertz CT molecular complexity index is 257. The summed E-state index contributed by atoms with van der Waals surface area (Å²) >= 11 is 0. The number of allylic oxidation sites excluding steroid dienone is 1. The second-order valence-electron chi connectivity index (χ2n) is 5.72. The Balaban J connectivity index is 1.98. The number of aliphatic hydroxyl groups is 3. The second-order valence-corrected chi connectivity index (χ2v) is 5.72. The smallest absolute Gasteiger partial charge is 0.111 e. The number of hydrogen-bond acceptors (Lipinski definition) is 4. The van der Waals surface area contributed by atoms with E-state index in [9.17, 15) is 10.2 Å². The fraction of sp³-hybridized carbons (Fsp3) is 0.875. The lowest BCUT2D eigenvalue weighted by molar-refractivity contribution is -0.0246. The van der Waals surface area contributed by atoms with Gasteiger partial charge in [-0.25, -0.2) is 0 Å². The van der Waals surface area contributed by atoms with Crippen molar-refractivity contribution >= 4 is 0 Å². The van der Waals surface area contributed by atoms with Crippen LogP contribution >= 0.6 is 0 Å². The molecule has 0 aromatic rings. The Morgan fingerprint density at radius 1 is 0.850 bits per heavy atom. The van der Waals surface area contributed by atoms with Gasteiger partial charge in [0, 0.05) is 0 Å². The Labute approximate surface area is 122 Å². The van der Waals surface area contributed by atoms with E-state index in [2.05, 4.69) is 6.58 Å². The molecule has 1 fully saturated rings. The van der Waals surface area contributed by atoms with Gasteiger partial charge in [0.1, 0.15) is 18.3 Å². The van der Waals surface area contributed by atoms with E-state index in [0.29, 0.717) is 0 Å². The third-order valence-corrected chi connectivity index (χ3v) is 4.04. The molecule has 4 atom stereocenters. The Kier molecular flexibility index (Phi) is 9.10. The first-order chi connectivity index (χ1) is 9.70. The molecule has 4 nitrogen and oxygen atoms in total. The molecule has 4 unspecified atom stereocenters. The molecule has 4 heteroatoms. The van der Waals surface area contributed by atoms with Gasteiger partial charge in [-0.3, -0.25) is 0 Å². The molecule has 0 bridgehead atoms. The van der Waals surface area contributed by atoms with Gasteiger partial charge in [-0.15, -0.1) is 6.58 Å². The van der Waals surface area contributed by atoms with Crippen LogP contribution in [0.5, 0.6) is 0 Å². The van der Waals surface area contributed by atoms with Crippen molar-refractivity contribution in [1.82, 2.24) is 0 Å². The highest BCUT2D eigenvalue weighted by Crippen LogP contribution is 2.25. The lowest BCUT2D eigenvalue weighted by Crippen LogP contribution is -2.33. The summed E-state index contributed by atoms with van der Waals surface area (Å²) in [5, 5.41) is 28.4. The SMILES string of the molecule is C=CCCCCCCCCCC1OC(CO)C(O)C1O. The summed E-state index contributed by atoms with van der Waals surface area (Å²) in [6.45, 7) is 3.48. The van der Waals surface area contributed by atoms with Gasteiger partial charge in [-0.2, -0.15) is 0 Å². The summed E-state index contributed by atoms with van der Waals surface area (Å²) in [5.74, 6) is 0. The highest BCUT2D eigenvalue weighted by Gasteiger charge is 2.41. The van der Waals surface area contributed by atoms with Gasteiger partial charge < -0.3 is 20.1 Å². The molecule has 118 valence electrons. The minimum absolute atomic E-state index is 0.237. The number of aliphatic hydroxyl groups excluding tert-OH is 3. The van der Waals surface area contributed by atoms with Crippen LogP contribution in [-0.4, -0.2) is 46.3 Å². The van der Waals surface area contributed by atoms with Crippen molar-refractivity contribution in [2.75, 3.05) is 6.61 Å². The molecule has 0 radical (unpaired) electrons. The predicted octanol–water partition coefficient (Wildman–Crippen LogP) is 2.16. The van der Waals surface area contributed by atoms with E-state index in [1.807, 2.05) is 6.08 Å². The third kappa shape index (κ3) is 5.92. The van der Waals surface area contributed by atoms with Gasteiger partial charge in [-0.05, 0) is 19.3 Å². The van der Waals surface area contributed by atoms with E-state index >= 15 is 0 Å². The quantitative estimate of drug-likeness (QED) is 0.402. The summed E-state index contributed by atoms with van der Waals surface area (Å²) in [5.41, 5.74) is 0. The van der Waals surface area contributed by atoms with Crippen molar-refractivity contribution in [3.05, 3.63) is 12.7 Å². The molecule has 0 aromatic carbocycles. The standard InChI is InChI=1S/C16H30O4/c1-2-3-4-5-6-7-8-9-10-11-13-15(18)16(19)14(12-17)20-13/h2,13-19H,1,3-12H2. The number of ether oxygens (including phenoxy) is 1. The van der Waals surface area contributed by atoms with Crippen LogP contribution in [0.3, 0.4) is 0 Å². The van der Waals surface area contributed by atoms with Gasteiger partial charge in [0.05, 0.1) is 12.7 Å². The fourth-order valence-corrected chi connectivity index (χ4v) is 2.73. The molecule has 0 aromatic heterocycles. The van der Waals surface area contributed by atoms with E-state index in [1.54, 1.807) is 0 Å². The van der Waals surface area contributed by atoms with Crippen LogP contribution in [-0.2, 0) is 4.74 Å². The van der Waals surface area contributed by atoms with Crippen LogP contribution in [0.2, 0.25) is 0 Å². The van der Waals surface area contributed by atoms with Gasteiger partial charge in [-0.1, -0.05) is 44.6 Å². The van der Waals surface area contributed by atoms with Crippen LogP contribution in [0.4, 0.5) is 0 Å². The van der Waals surface area contributed by atoms with Crippen molar-refractivity contribution < 1.29 is 20.1 Å². The van der Waals surface area contributed by atoms with E-state index in [4.69, 9.17) is 9.84 Å². The largest absolute Gasteiger partial charge is 0.394 e. The molecule has 0 amide bonds. The maximum atomic E-state index is 9.79. The molecule has 1 rings (SSSR count). The summed E-state index contributed by atoms with van der Waals surface area (Å²) in [6.07, 6.45) is 9.49. The van der Waals surface area contributed by atoms with Crippen LogP contribution in [0.25, 0.3) is 0 Å². The lowest BCUT2D eigenvalue weighted by atomic mass is 10.0. The summed E-state index contributed by atoms with van der Waals surface area (Å²) in [6, 6.07) is 0. The zero-order valence-corrected chi connectivity index (χ0v) is 12.4. The van der Waals surface area contributed by atoms with Crippen molar-refractivity contribution in [3.8, 4) is 0 Å². The topological polar surface area (TPSA) is 69.9 Å². The van der Waals surface area contributed by atoms with Crippen LogP contribution < -0.4 is 0 Å². The van der Waals surface area contributed by atoms with Crippen molar-refractivity contribution in [3.63, 3.8) is 0 Å². The molecule has 0 saturated carbocycles. The fourth-order valence-electron chi connectivity index (χ4n) is 2.73. The average Bonchev–Trinajstić information content (AvgIpc) is 2.73. The molecule has 1 aliphatic heterocycles. The first-order valence-electron chi connectivity index (χ1n) is 7.94. The Morgan fingerprint density at radius 3 is 1.95 bits per heavy atom. The molecular formula is C16H30O4. The minimum atomic E-state index is -0.949. The Morgan fingerprint density at radius 2 is 1.40 bits per heavy atom. The van der Waals surface area contributed by atoms with Gasteiger partial charge in [0.2, 0.25) is 0 Å².